The lowest BCUT2D eigenvalue weighted by atomic mass is 10.0. The second-order valence-electron chi connectivity index (χ2n) is 10.1. The molecule has 0 bridgehead atoms. The van der Waals surface area contributed by atoms with Crippen LogP contribution in [0.1, 0.15) is 28.8 Å². The van der Waals surface area contributed by atoms with Crippen molar-refractivity contribution in [3.8, 4) is 0 Å². The van der Waals surface area contributed by atoms with Gasteiger partial charge in [-0.3, -0.25) is 20.2 Å². The molecule has 2 saturated heterocycles. The van der Waals surface area contributed by atoms with Gasteiger partial charge in [0, 0.05) is 57.7 Å². The van der Waals surface area contributed by atoms with Gasteiger partial charge in [-0.2, -0.15) is 0 Å². The van der Waals surface area contributed by atoms with E-state index in [4.69, 9.17) is 16.2 Å². The maximum absolute atomic E-state index is 15.0. The van der Waals surface area contributed by atoms with Crippen LogP contribution in [0.15, 0.2) is 42.5 Å². The molecule has 204 valence electrons. The molecule has 0 spiro atoms. The maximum Gasteiger partial charge on any atom is 0.416 e. The molecular formula is C27H35FN6O4. The van der Waals surface area contributed by atoms with E-state index in [9.17, 15) is 14.4 Å². The van der Waals surface area contributed by atoms with Gasteiger partial charge in [0.15, 0.2) is 11.5 Å². The maximum atomic E-state index is 15.0. The SMILES string of the molecule is CN(C)Cc1ccc(C(=O)CCC(=O)N2CCN(c3ccc(N4C[C@](N)(CN)OC4=O)cc3F)CC2)cc1. The van der Waals surface area contributed by atoms with E-state index in [2.05, 4.69) is 4.90 Å². The molecule has 0 saturated carbocycles. The van der Waals surface area contributed by atoms with Crippen LogP contribution in [0.2, 0.25) is 0 Å². The van der Waals surface area contributed by atoms with E-state index in [0.717, 1.165) is 12.1 Å². The van der Waals surface area contributed by atoms with E-state index >= 15 is 4.39 Å². The molecule has 4 rings (SSSR count). The highest BCUT2D eigenvalue weighted by Crippen LogP contribution is 2.30. The average molecular weight is 527 g/mol. The van der Waals surface area contributed by atoms with E-state index in [-0.39, 0.29) is 37.6 Å². The summed E-state index contributed by atoms with van der Waals surface area (Å²) in [7, 11) is 3.97. The van der Waals surface area contributed by atoms with Gasteiger partial charge in [0.2, 0.25) is 5.91 Å². The monoisotopic (exact) mass is 526 g/mol. The number of hydrogen-bond donors (Lipinski definition) is 2. The zero-order valence-corrected chi connectivity index (χ0v) is 21.9. The van der Waals surface area contributed by atoms with Crippen molar-refractivity contribution in [2.75, 3.05) is 63.2 Å². The number of carbonyl (C=O) groups is 3. The van der Waals surface area contributed by atoms with E-state index in [1.54, 1.807) is 17.0 Å². The number of halogens is 1. The number of amides is 2. The van der Waals surface area contributed by atoms with Crippen LogP contribution in [0.4, 0.5) is 20.6 Å². The van der Waals surface area contributed by atoms with Crippen LogP contribution in [0, 0.1) is 5.82 Å². The van der Waals surface area contributed by atoms with E-state index < -0.39 is 17.6 Å². The summed E-state index contributed by atoms with van der Waals surface area (Å²) in [4.78, 5) is 44.3. The van der Waals surface area contributed by atoms with Crippen molar-refractivity contribution in [3.05, 3.63) is 59.4 Å². The van der Waals surface area contributed by atoms with Crippen molar-refractivity contribution < 1.29 is 23.5 Å². The van der Waals surface area contributed by atoms with E-state index in [1.807, 2.05) is 43.3 Å². The number of cyclic esters (lactones) is 1. The first-order valence-corrected chi connectivity index (χ1v) is 12.7. The number of rotatable bonds is 9. The lowest BCUT2D eigenvalue weighted by Gasteiger charge is -2.36. The Kier molecular flexibility index (Phi) is 8.29. The Morgan fingerprint density at radius 3 is 2.32 bits per heavy atom. The fourth-order valence-electron chi connectivity index (χ4n) is 4.70. The molecule has 2 aliphatic rings. The van der Waals surface area contributed by atoms with Crippen LogP contribution in [0.3, 0.4) is 0 Å². The number of Topliss-reactive ketones (excluding diaryl/α,β-unsaturated/α-hetero) is 1. The number of anilines is 2. The molecule has 10 nitrogen and oxygen atoms in total. The molecule has 0 aliphatic carbocycles. The molecule has 2 aromatic carbocycles. The smallest absolute Gasteiger partial charge is 0.416 e. The van der Waals surface area contributed by atoms with Crippen molar-refractivity contribution in [1.29, 1.82) is 0 Å². The summed E-state index contributed by atoms with van der Waals surface area (Å²) < 4.78 is 20.1. The van der Waals surface area contributed by atoms with Crippen molar-refractivity contribution in [1.82, 2.24) is 9.80 Å². The minimum Gasteiger partial charge on any atom is -0.424 e. The first-order chi connectivity index (χ1) is 18.1. The number of ether oxygens (including phenoxy) is 1. The van der Waals surface area contributed by atoms with Crippen LogP contribution in [-0.2, 0) is 16.1 Å². The van der Waals surface area contributed by atoms with Crippen molar-refractivity contribution in [2.45, 2.75) is 25.1 Å². The fourth-order valence-corrected chi connectivity index (χ4v) is 4.70. The molecule has 11 heteroatoms. The molecule has 4 N–H and O–H groups in total. The summed E-state index contributed by atoms with van der Waals surface area (Å²) in [5, 5.41) is 0. The standard InChI is InChI=1S/C27H35FN6O4/c1-31(2)16-19-3-5-20(6-4-19)24(35)9-10-25(36)33-13-11-32(12-14-33)23-8-7-21(15-22(23)28)34-18-27(30,17-29)38-26(34)37/h3-8,15H,9-14,16-18,29-30H2,1-2H3/t27-/m0/s1. The number of nitrogens with zero attached hydrogens (tertiary/aromatic N) is 4. The summed E-state index contributed by atoms with van der Waals surface area (Å²) in [5.41, 5.74) is 12.7. The minimum absolute atomic E-state index is 0.0339. The number of benzene rings is 2. The Morgan fingerprint density at radius 1 is 1.05 bits per heavy atom. The number of ketones is 1. The molecule has 38 heavy (non-hydrogen) atoms. The van der Waals surface area contributed by atoms with Gasteiger partial charge in [-0.05, 0) is 37.9 Å². The van der Waals surface area contributed by atoms with Gasteiger partial charge in [-0.1, -0.05) is 24.3 Å². The van der Waals surface area contributed by atoms with Crippen LogP contribution >= 0.6 is 0 Å². The Bertz CT molecular complexity index is 1180. The van der Waals surface area contributed by atoms with Gasteiger partial charge in [-0.15, -0.1) is 0 Å². The van der Waals surface area contributed by atoms with Gasteiger partial charge in [0.1, 0.15) is 5.82 Å². The quantitative estimate of drug-likeness (QED) is 0.474. The molecule has 1 atom stereocenters. The number of carbonyl (C=O) groups excluding carboxylic acids is 3. The van der Waals surface area contributed by atoms with E-state index in [1.165, 1.54) is 11.0 Å². The third kappa shape index (κ3) is 6.29. The number of hydrogen-bond acceptors (Lipinski definition) is 8. The van der Waals surface area contributed by atoms with Gasteiger partial charge in [-0.25, -0.2) is 9.18 Å². The molecule has 0 aromatic heterocycles. The minimum atomic E-state index is -1.30. The summed E-state index contributed by atoms with van der Waals surface area (Å²) in [5.74, 6) is -0.633. The molecule has 0 radical (unpaired) electrons. The van der Waals surface area contributed by atoms with Crippen LogP contribution < -0.4 is 21.3 Å². The molecule has 2 fully saturated rings. The normalized spacial score (nSPS) is 19.7. The second-order valence-corrected chi connectivity index (χ2v) is 10.1. The van der Waals surface area contributed by atoms with Gasteiger partial charge < -0.3 is 25.2 Å². The first kappa shape index (κ1) is 27.5. The fraction of sp³-hybridized carbons (Fsp3) is 0.444. The first-order valence-electron chi connectivity index (χ1n) is 12.7. The Morgan fingerprint density at radius 2 is 1.74 bits per heavy atom. The van der Waals surface area contributed by atoms with Crippen molar-refractivity contribution in [2.24, 2.45) is 11.5 Å². The summed E-state index contributed by atoms with van der Waals surface area (Å²) in [6, 6.07) is 12.0. The molecule has 2 heterocycles. The molecule has 0 unspecified atom stereocenters. The molecule has 2 aromatic rings. The Labute approximate surface area is 221 Å². The van der Waals surface area contributed by atoms with Crippen LogP contribution in [-0.4, -0.2) is 86.7 Å². The van der Waals surface area contributed by atoms with Crippen LogP contribution in [0.25, 0.3) is 0 Å². The Balaban J connectivity index is 1.27. The molecular weight excluding hydrogens is 491 g/mol. The zero-order valence-electron chi connectivity index (χ0n) is 21.9. The third-order valence-electron chi connectivity index (χ3n) is 6.84. The summed E-state index contributed by atoms with van der Waals surface area (Å²) in [6.45, 7) is 2.55. The van der Waals surface area contributed by atoms with Gasteiger partial charge in [0.25, 0.3) is 0 Å². The third-order valence-corrected chi connectivity index (χ3v) is 6.84. The molecule has 2 amide bonds. The highest BCUT2D eigenvalue weighted by atomic mass is 19.1. The lowest BCUT2D eigenvalue weighted by Crippen LogP contribution is -2.50. The largest absolute Gasteiger partial charge is 0.424 e. The predicted molar refractivity (Wildman–Crippen MR) is 142 cm³/mol. The highest BCUT2D eigenvalue weighted by molar-refractivity contribution is 5.98. The highest BCUT2D eigenvalue weighted by Gasteiger charge is 2.42. The van der Waals surface area contributed by atoms with Gasteiger partial charge >= 0.3 is 6.09 Å². The topological polar surface area (TPSA) is 125 Å². The van der Waals surface area contributed by atoms with Gasteiger partial charge in [0.05, 0.1) is 17.9 Å². The lowest BCUT2D eigenvalue weighted by molar-refractivity contribution is -0.131. The summed E-state index contributed by atoms with van der Waals surface area (Å²) in [6.07, 6.45) is -0.384. The van der Waals surface area contributed by atoms with E-state index in [0.29, 0.717) is 43.1 Å². The number of nitrogens with two attached hydrogens (primary N) is 2. The molecule has 2 aliphatic heterocycles. The Hall–Kier alpha value is -3.54. The van der Waals surface area contributed by atoms with Crippen LogP contribution in [0.5, 0.6) is 0 Å². The number of piperazine rings is 1. The van der Waals surface area contributed by atoms with Crippen molar-refractivity contribution in [3.63, 3.8) is 0 Å². The second kappa shape index (κ2) is 11.5. The predicted octanol–water partition coefficient (Wildman–Crippen LogP) is 1.77. The zero-order chi connectivity index (χ0) is 27.4. The van der Waals surface area contributed by atoms with Crippen molar-refractivity contribution >= 4 is 29.2 Å². The average Bonchev–Trinajstić information content (AvgIpc) is 3.22. The summed E-state index contributed by atoms with van der Waals surface area (Å²) >= 11 is 0.